The quantitative estimate of drug-likeness (QED) is 0.384. The molecule has 1 fully saturated rings. The van der Waals surface area contributed by atoms with Crippen LogP contribution < -0.4 is 14.2 Å². The summed E-state index contributed by atoms with van der Waals surface area (Å²) in [6.45, 7) is 8.45. The van der Waals surface area contributed by atoms with Crippen molar-refractivity contribution in [2.75, 3.05) is 46.6 Å². The molecule has 1 unspecified atom stereocenters. The number of benzene rings is 2. The molecule has 9 nitrogen and oxygen atoms in total. The Bertz CT molecular complexity index is 1250. The van der Waals surface area contributed by atoms with Crippen LogP contribution in [-0.4, -0.2) is 66.7 Å². The summed E-state index contributed by atoms with van der Waals surface area (Å²) in [6.07, 6.45) is 2.92. The monoisotopic (exact) mass is 583 g/mol. The number of morpholine rings is 1. The summed E-state index contributed by atoms with van der Waals surface area (Å²) >= 11 is 0. The lowest BCUT2D eigenvalue weighted by Crippen LogP contribution is -2.36. The zero-order chi connectivity index (χ0) is 29.5. The van der Waals surface area contributed by atoms with Gasteiger partial charge in [0, 0.05) is 24.9 Å². The third-order valence-electron chi connectivity index (χ3n) is 6.14. The minimum absolute atomic E-state index is 0.0136. The van der Waals surface area contributed by atoms with E-state index in [0.29, 0.717) is 56.3 Å². The molecule has 2 heterocycles. The van der Waals surface area contributed by atoms with Gasteiger partial charge in [-0.05, 0) is 35.8 Å². The van der Waals surface area contributed by atoms with Crippen molar-refractivity contribution in [3.8, 4) is 11.5 Å². The van der Waals surface area contributed by atoms with Crippen LogP contribution >= 0.6 is 0 Å². The molecule has 1 atom stereocenters. The van der Waals surface area contributed by atoms with Crippen molar-refractivity contribution < 1.29 is 28.3 Å². The standard InChI is InChI=1S/C29H35N3O6S.C2H6/c1-3-23-21-24(31-39(34)20-13-22-9-5-4-6-10-22)27(38-26-12-8-7-11-25(26)35-2)29(37-19-16-33)30-28(23)32-14-17-36-18-15-32;1-2/h4-13,20,31,33H,3,14-19,21H2,1-2H3;1-2H3/b20-13+;. The van der Waals surface area contributed by atoms with Crippen molar-refractivity contribution in [3.05, 3.63) is 88.4 Å². The number of aliphatic hydroxyl groups excluding tert-OH is 1. The second kappa shape index (κ2) is 17.3. The van der Waals surface area contributed by atoms with Crippen LogP contribution in [0.25, 0.3) is 6.08 Å². The number of rotatable bonds is 11. The van der Waals surface area contributed by atoms with Gasteiger partial charge in [-0.15, -0.1) is 0 Å². The summed E-state index contributed by atoms with van der Waals surface area (Å²) in [6, 6.07) is 16.9. The minimum Gasteiger partial charge on any atom is -0.493 e. The van der Waals surface area contributed by atoms with Crippen molar-refractivity contribution in [2.24, 2.45) is 4.99 Å². The van der Waals surface area contributed by atoms with Gasteiger partial charge in [-0.2, -0.15) is 4.99 Å². The number of para-hydroxylation sites is 2. The topological polar surface area (TPSA) is 102 Å². The average molecular weight is 584 g/mol. The highest BCUT2D eigenvalue weighted by molar-refractivity contribution is 7.86. The Labute approximate surface area is 245 Å². The number of hydrogen-bond acceptors (Lipinski definition) is 8. The summed E-state index contributed by atoms with van der Waals surface area (Å²) in [5, 5.41) is 11.2. The summed E-state index contributed by atoms with van der Waals surface area (Å²) in [5.41, 5.74) is 2.52. The van der Waals surface area contributed by atoms with Crippen molar-refractivity contribution in [2.45, 2.75) is 33.6 Å². The zero-order valence-electron chi connectivity index (χ0n) is 24.3. The summed E-state index contributed by atoms with van der Waals surface area (Å²) in [4.78, 5) is 7.09. The van der Waals surface area contributed by atoms with Crippen LogP contribution in [0.5, 0.6) is 11.5 Å². The van der Waals surface area contributed by atoms with E-state index in [-0.39, 0.29) is 24.9 Å². The molecule has 222 valence electrons. The van der Waals surface area contributed by atoms with Crippen LogP contribution in [0.3, 0.4) is 0 Å². The van der Waals surface area contributed by atoms with Crippen LogP contribution in [0, 0.1) is 0 Å². The van der Waals surface area contributed by atoms with Gasteiger partial charge in [-0.1, -0.05) is 63.2 Å². The summed E-state index contributed by atoms with van der Waals surface area (Å²) < 4.78 is 39.8. The molecule has 0 amide bonds. The van der Waals surface area contributed by atoms with Crippen LogP contribution in [0.1, 0.15) is 39.2 Å². The van der Waals surface area contributed by atoms with E-state index < -0.39 is 11.0 Å². The SMILES string of the molecule is CC.CCC1=C(N2CCOCC2)N=C(OCCO)C(Oc2ccccc2OC)=C(NS(=O)/C=C/c2ccccc2)C1. The van der Waals surface area contributed by atoms with E-state index in [1.54, 1.807) is 30.7 Å². The Morgan fingerprint density at radius 1 is 1.07 bits per heavy atom. The molecule has 2 aliphatic rings. The van der Waals surface area contributed by atoms with Gasteiger partial charge in [0.1, 0.15) is 23.4 Å². The maximum atomic E-state index is 13.3. The maximum Gasteiger partial charge on any atom is 0.261 e. The van der Waals surface area contributed by atoms with Crippen LogP contribution in [0.15, 0.2) is 87.8 Å². The molecule has 2 aromatic carbocycles. The molecule has 0 saturated carbocycles. The van der Waals surface area contributed by atoms with E-state index in [1.807, 2.05) is 56.3 Å². The van der Waals surface area contributed by atoms with E-state index in [1.165, 1.54) is 0 Å². The molecule has 2 N–H and O–H groups in total. The number of methoxy groups -OCH3 is 1. The van der Waals surface area contributed by atoms with E-state index in [0.717, 1.165) is 17.0 Å². The summed E-state index contributed by atoms with van der Waals surface area (Å²) in [7, 11) is -0.0147. The van der Waals surface area contributed by atoms with Gasteiger partial charge in [0.2, 0.25) is 5.76 Å². The van der Waals surface area contributed by atoms with Crippen molar-refractivity contribution in [1.82, 2.24) is 9.62 Å². The molecule has 0 aromatic heterocycles. The molecular weight excluding hydrogens is 542 g/mol. The number of aliphatic hydroxyl groups is 1. The molecule has 41 heavy (non-hydrogen) atoms. The second-order valence-corrected chi connectivity index (χ2v) is 9.79. The van der Waals surface area contributed by atoms with Gasteiger partial charge in [-0.25, -0.2) is 4.21 Å². The lowest BCUT2D eigenvalue weighted by atomic mass is 10.1. The van der Waals surface area contributed by atoms with Gasteiger partial charge < -0.3 is 33.7 Å². The first-order chi connectivity index (χ1) is 20.1. The van der Waals surface area contributed by atoms with Crippen molar-refractivity contribution in [1.29, 1.82) is 0 Å². The Morgan fingerprint density at radius 2 is 1.76 bits per heavy atom. The fourth-order valence-corrected chi connectivity index (χ4v) is 4.94. The first-order valence-electron chi connectivity index (χ1n) is 13.9. The highest BCUT2D eigenvalue weighted by Crippen LogP contribution is 2.33. The molecule has 1 saturated heterocycles. The Balaban J connectivity index is 0.00000226. The van der Waals surface area contributed by atoms with Gasteiger partial charge in [-0.3, -0.25) is 0 Å². The van der Waals surface area contributed by atoms with Crippen LogP contribution in [-0.2, 0) is 20.5 Å². The molecule has 10 heteroatoms. The molecule has 0 aliphatic carbocycles. The normalized spacial score (nSPS) is 16.4. The number of aliphatic imine (C=N–C) groups is 1. The van der Waals surface area contributed by atoms with Crippen molar-refractivity contribution >= 4 is 23.0 Å². The third kappa shape index (κ3) is 9.21. The largest absolute Gasteiger partial charge is 0.493 e. The number of allylic oxidation sites excluding steroid dienone is 1. The first kappa shape index (κ1) is 31.9. The number of hydrogen-bond donors (Lipinski definition) is 2. The molecular formula is C31H41N3O6S. The van der Waals surface area contributed by atoms with E-state index in [4.69, 9.17) is 23.9 Å². The zero-order valence-corrected chi connectivity index (χ0v) is 25.1. The molecule has 0 bridgehead atoms. The Hall–Kier alpha value is -3.60. The van der Waals surface area contributed by atoms with Gasteiger partial charge in [0.05, 0.1) is 32.6 Å². The smallest absolute Gasteiger partial charge is 0.261 e. The third-order valence-corrected chi connectivity index (χ3v) is 6.97. The average Bonchev–Trinajstić information content (AvgIpc) is 3.17. The van der Waals surface area contributed by atoms with E-state index in [9.17, 15) is 9.32 Å². The molecule has 4 rings (SSSR count). The summed E-state index contributed by atoms with van der Waals surface area (Å²) in [5.74, 6) is 2.22. The first-order valence-corrected chi connectivity index (χ1v) is 15.2. The molecule has 0 spiro atoms. The molecule has 2 aliphatic heterocycles. The lowest BCUT2D eigenvalue weighted by molar-refractivity contribution is 0.0523. The Kier molecular flexibility index (Phi) is 13.4. The lowest BCUT2D eigenvalue weighted by Gasteiger charge is -2.30. The Morgan fingerprint density at radius 3 is 2.41 bits per heavy atom. The number of nitrogens with one attached hydrogen (secondary N) is 1. The maximum absolute atomic E-state index is 13.3. The van der Waals surface area contributed by atoms with Gasteiger partial charge in [0.15, 0.2) is 11.5 Å². The predicted octanol–water partition coefficient (Wildman–Crippen LogP) is 5.00. The molecule has 2 aromatic rings. The minimum atomic E-state index is -1.58. The van der Waals surface area contributed by atoms with Crippen LogP contribution in [0.4, 0.5) is 0 Å². The van der Waals surface area contributed by atoms with Crippen molar-refractivity contribution in [3.63, 3.8) is 0 Å². The van der Waals surface area contributed by atoms with E-state index in [2.05, 4.69) is 16.5 Å². The fourth-order valence-electron chi connectivity index (χ4n) is 4.18. The molecule has 0 radical (unpaired) electrons. The number of nitrogens with zero attached hydrogens (tertiary/aromatic N) is 2. The second-order valence-electron chi connectivity index (χ2n) is 8.72. The number of ether oxygens (including phenoxy) is 4. The van der Waals surface area contributed by atoms with Crippen LogP contribution in [0.2, 0.25) is 0 Å². The van der Waals surface area contributed by atoms with Gasteiger partial charge >= 0.3 is 0 Å². The fraction of sp³-hybridized carbons (Fsp3) is 0.387. The predicted molar refractivity (Wildman–Crippen MR) is 164 cm³/mol. The van der Waals surface area contributed by atoms with E-state index >= 15 is 0 Å². The highest BCUT2D eigenvalue weighted by Gasteiger charge is 2.29. The van der Waals surface area contributed by atoms with Gasteiger partial charge in [0.25, 0.3) is 5.90 Å². The highest BCUT2D eigenvalue weighted by atomic mass is 32.2.